The molecule has 1 aliphatic heterocycles. The van der Waals surface area contributed by atoms with Crippen LogP contribution in [0.4, 0.5) is 23.7 Å². The zero-order chi connectivity index (χ0) is 34.7. The molecule has 2 heterocycles. The minimum Gasteiger partial charge on any atom is -0.417 e. The van der Waals surface area contributed by atoms with E-state index < -0.39 is 68.8 Å². The third-order valence-corrected chi connectivity index (χ3v) is 13.3. The minimum absolute atomic E-state index is 0.00687. The van der Waals surface area contributed by atoms with Gasteiger partial charge in [0.1, 0.15) is 30.9 Å². The highest BCUT2D eigenvalue weighted by Gasteiger charge is 2.61. The number of hydrogen-bond donors (Lipinski definition) is 4. The number of rotatable bonds is 7. The van der Waals surface area contributed by atoms with E-state index in [9.17, 15) is 47.5 Å². The second-order valence-electron chi connectivity index (χ2n) is 12.1. The third kappa shape index (κ3) is 6.45. The van der Waals surface area contributed by atoms with Gasteiger partial charge in [0.15, 0.2) is 5.43 Å². The Labute approximate surface area is 261 Å². The van der Waals surface area contributed by atoms with Gasteiger partial charge in [0.05, 0.1) is 22.5 Å². The molecule has 0 spiro atoms. The van der Waals surface area contributed by atoms with Crippen LogP contribution in [0, 0.1) is 17.5 Å². The summed E-state index contributed by atoms with van der Waals surface area (Å²) >= 11 is 0. The Morgan fingerprint density at radius 3 is 2.07 bits per heavy atom. The van der Waals surface area contributed by atoms with Crippen LogP contribution >= 0.6 is 15.2 Å². The fourth-order valence-electron chi connectivity index (χ4n) is 4.98. The Bertz CT molecular complexity index is 1880. The Kier molecular flexibility index (Phi) is 9.31. The zero-order valence-corrected chi connectivity index (χ0v) is 28.1. The number of carbonyl (C=O) groups is 2. The van der Waals surface area contributed by atoms with E-state index in [1.165, 1.54) is 22.5 Å². The van der Waals surface area contributed by atoms with Crippen molar-refractivity contribution in [1.82, 2.24) is 9.47 Å². The molecule has 250 valence electrons. The summed E-state index contributed by atoms with van der Waals surface area (Å²) in [5.41, 5.74) is -1.37. The summed E-state index contributed by atoms with van der Waals surface area (Å²) in [4.78, 5) is 80.1. The summed E-state index contributed by atoms with van der Waals surface area (Å²) in [6.45, 7) is 6.52. The average Bonchev–Trinajstić information content (AvgIpc) is 2.91. The van der Waals surface area contributed by atoms with Crippen LogP contribution in [0.15, 0.2) is 41.3 Å². The fraction of sp³-hybridized carbons (Fsp3) is 0.370. The van der Waals surface area contributed by atoms with Crippen molar-refractivity contribution in [1.29, 1.82) is 0 Å². The van der Waals surface area contributed by atoms with E-state index in [4.69, 9.17) is 4.74 Å². The van der Waals surface area contributed by atoms with Crippen molar-refractivity contribution in [3.8, 4) is 5.69 Å². The number of amides is 1. The summed E-state index contributed by atoms with van der Waals surface area (Å²) in [5, 5.41) is -4.14. The Morgan fingerprint density at radius 1 is 0.957 bits per heavy atom. The van der Waals surface area contributed by atoms with Crippen molar-refractivity contribution >= 4 is 51.4 Å². The largest absolute Gasteiger partial charge is 0.417 e. The molecule has 19 heteroatoms. The van der Waals surface area contributed by atoms with Crippen LogP contribution in [0.1, 0.15) is 24.2 Å². The number of nitrogens with zero attached hydrogens (tertiary/aromatic N) is 3. The summed E-state index contributed by atoms with van der Waals surface area (Å²) in [7, 11) is -14.0. The quantitative estimate of drug-likeness (QED) is 0.204. The molecule has 1 fully saturated rings. The van der Waals surface area contributed by atoms with E-state index in [0.717, 1.165) is 29.3 Å². The monoisotopic (exact) mass is 705 g/mol. The molecule has 4 rings (SSSR count). The summed E-state index contributed by atoms with van der Waals surface area (Å²) in [6, 6.07) is 4.00. The van der Waals surface area contributed by atoms with Crippen molar-refractivity contribution in [2.24, 2.45) is 0 Å². The van der Waals surface area contributed by atoms with Crippen LogP contribution in [-0.4, -0.2) is 79.4 Å². The smallest absolute Gasteiger partial charge is 0.411 e. The van der Waals surface area contributed by atoms with Crippen molar-refractivity contribution in [3.63, 3.8) is 0 Å². The number of aromatic nitrogens is 1. The van der Waals surface area contributed by atoms with Gasteiger partial charge in [-0.25, -0.2) is 18.0 Å². The van der Waals surface area contributed by atoms with E-state index in [1.807, 2.05) is 0 Å². The van der Waals surface area contributed by atoms with Crippen LogP contribution in [-0.2, 0) is 13.9 Å². The maximum atomic E-state index is 15.7. The average molecular weight is 706 g/mol. The van der Waals surface area contributed by atoms with E-state index in [0.29, 0.717) is 13.0 Å². The Morgan fingerprint density at radius 2 is 1.54 bits per heavy atom. The highest BCUT2D eigenvalue weighted by molar-refractivity contribution is 7.72. The zero-order valence-electron chi connectivity index (χ0n) is 25.3. The fourth-order valence-corrected chi connectivity index (χ4v) is 7.72. The number of anilines is 1. The lowest BCUT2D eigenvalue weighted by Gasteiger charge is -2.42. The van der Waals surface area contributed by atoms with E-state index >= 15 is 8.78 Å². The molecular formula is C27H32F3N3O10P2Si. The standard InChI is InChI=1S/C27H32F3N3O10P2Si/c1-15-13-31(8-9-32(15)26(36)43-27(2,44(37,38)39)45(40,41)42)23-12-22-17(11-20(23)30)24(34)18(25(35)46(3,4)5)14-33(22)21-7-6-16(28)10-19(21)29/h6-7,10-12,14-15H,8-9,13H2,1-5H3,(H2,37,38,39)(H2,40,41,42). The molecule has 3 aromatic rings. The van der Waals surface area contributed by atoms with Gasteiger partial charge in [0.2, 0.25) is 0 Å². The summed E-state index contributed by atoms with van der Waals surface area (Å²) < 4.78 is 74.1. The highest BCUT2D eigenvalue weighted by Crippen LogP contribution is 2.69. The molecule has 1 amide bonds. The molecule has 0 saturated carbocycles. The third-order valence-electron chi connectivity index (χ3n) is 7.73. The number of halogens is 3. The molecule has 0 aliphatic carbocycles. The van der Waals surface area contributed by atoms with Crippen molar-refractivity contribution in [2.75, 3.05) is 24.5 Å². The first kappa shape index (κ1) is 35.5. The second kappa shape index (κ2) is 12.1. The molecule has 0 radical (unpaired) electrons. The van der Waals surface area contributed by atoms with Gasteiger partial charge in [0, 0.05) is 43.3 Å². The van der Waals surface area contributed by atoms with Crippen LogP contribution in [0.3, 0.4) is 0 Å². The molecule has 1 unspecified atom stereocenters. The number of pyridine rings is 1. The topological polar surface area (TPSA) is 187 Å². The molecule has 2 aromatic carbocycles. The predicted octanol–water partition coefficient (Wildman–Crippen LogP) is 4.14. The first-order valence-corrected chi connectivity index (χ1v) is 20.5. The van der Waals surface area contributed by atoms with Crippen LogP contribution in [0.2, 0.25) is 19.6 Å². The Hall–Kier alpha value is -3.30. The van der Waals surface area contributed by atoms with Crippen LogP contribution in [0.5, 0.6) is 0 Å². The van der Waals surface area contributed by atoms with Gasteiger partial charge in [-0.05, 0) is 38.1 Å². The number of benzene rings is 2. The molecule has 1 saturated heterocycles. The molecule has 46 heavy (non-hydrogen) atoms. The number of ether oxygens (including phenoxy) is 1. The number of carbonyl (C=O) groups excluding carboxylic acids is 2. The van der Waals surface area contributed by atoms with E-state index in [1.54, 1.807) is 19.6 Å². The number of hydrogen-bond acceptors (Lipinski definition) is 7. The summed E-state index contributed by atoms with van der Waals surface area (Å²) in [5.74, 6) is -2.78. The predicted molar refractivity (Wildman–Crippen MR) is 164 cm³/mol. The summed E-state index contributed by atoms with van der Waals surface area (Å²) in [6.07, 6.45) is -0.278. The van der Waals surface area contributed by atoms with Crippen molar-refractivity contribution in [2.45, 2.75) is 44.6 Å². The van der Waals surface area contributed by atoms with Gasteiger partial charge in [-0.3, -0.25) is 18.7 Å². The first-order chi connectivity index (χ1) is 21.0. The van der Waals surface area contributed by atoms with Gasteiger partial charge in [-0.15, -0.1) is 0 Å². The van der Waals surface area contributed by atoms with Gasteiger partial charge in [-0.2, -0.15) is 0 Å². The van der Waals surface area contributed by atoms with Crippen LogP contribution in [0.25, 0.3) is 16.6 Å². The first-order valence-electron chi connectivity index (χ1n) is 13.7. The lowest BCUT2D eigenvalue weighted by Crippen LogP contribution is -2.55. The molecule has 0 bridgehead atoms. The molecule has 1 aromatic heterocycles. The van der Waals surface area contributed by atoms with E-state index in [2.05, 4.69) is 0 Å². The van der Waals surface area contributed by atoms with Gasteiger partial charge in [0.25, 0.3) is 0 Å². The Balaban J connectivity index is 1.77. The normalized spacial score (nSPS) is 16.6. The van der Waals surface area contributed by atoms with Crippen molar-refractivity contribution in [3.05, 3.63) is 69.8 Å². The maximum Gasteiger partial charge on any atom is 0.411 e. The second-order valence-corrected chi connectivity index (χ2v) is 21.3. The molecule has 13 nitrogen and oxygen atoms in total. The van der Waals surface area contributed by atoms with Crippen LogP contribution < -0.4 is 10.3 Å². The van der Waals surface area contributed by atoms with Gasteiger partial charge < -0.3 is 38.7 Å². The maximum absolute atomic E-state index is 15.7. The molecule has 1 aliphatic rings. The van der Waals surface area contributed by atoms with Crippen molar-refractivity contribution < 1.29 is 56.2 Å². The lowest BCUT2D eigenvalue weighted by atomic mass is 10.1. The minimum atomic E-state index is -5.67. The highest BCUT2D eigenvalue weighted by atomic mass is 31.2. The lowest BCUT2D eigenvalue weighted by molar-refractivity contribution is 0.0464. The number of fused-ring (bicyclic) bond motifs is 1. The van der Waals surface area contributed by atoms with Gasteiger partial charge >= 0.3 is 26.4 Å². The van der Waals surface area contributed by atoms with Gasteiger partial charge in [-0.1, -0.05) is 19.6 Å². The molecular weight excluding hydrogens is 673 g/mol. The van der Waals surface area contributed by atoms with E-state index in [-0.39, 0.29) is 47.5 Å². The molecule has 1 atom stereocenters. The number of piperazine rings is 1. The SMILES string of the molecule is CC1CN(c2cc3c(cc2F)c(=O)c(C(=O)[Si](C)(C)C)cn3-c2ccc(F)cc2F)CCN1C(=O)OC(C)(P(=O)(O)O)P(=O)(O)O. The molecule has 4 N–H and O–H groups in total.